The van der Waals surface area contributed by atoms with Crippen molar-refractivity contribution in [2.45, 2.75) is 413 Å². The van der Waals surface area contributed by atoms with E-state index in [-0.39, 0.29) is 18.9 Å². The Kier molecular flexibility index (Phi) is 54.3. The van der Waals surface area contributed by atoms with E-state index in [9.17, 15) is 61.0 Å². The predicted molar refractivity (Wildman–Crippen MR) is 383 cm³/mol. The summed E-state index contributed by atoms with van der Waals surface area (Å²) in [6.07, 6.45) is 47.5. The van der Waals surface area contributed by atoms with Crippen molar-refractivity contribution in [3.8, 4) is 0 Å². The van der Waals surface area contributed by atoms with E-state index in [0.717, 1.165) is 51.4 Å². The van der Waals surface area contributed by atoms with E-state index in [1.807, 2.05) is 6.08 Å². The van der Waals surface area contributed by atoms with Gasteiger partial charge in [-0.25, -0.2) is 0 Å². The topological polar surface area (TPSA) is 307 Å². The first-order valence-electron chi connectivity index (χ1n) is 39.4. The van der Waals surface area contributed by atoms with Crippen LogP contribution in [0.4, 0.5) is 0 Å². The molecule has 0 spiro atoms. The van der Waals surface area contributed by atoms with Gasteiger partial charge in [0.25, 0.3) is 0 Å². The van der Waals surface area contributed by atoms with Gasteiger partial charge in [-0.15, -0.1) is 0 Å². The van der Waals surface area contributed by atoms with Crippen molar-refractivity contribution in [2.24, 2.45) is 0 Å². The van der Waals surface area contributed by atoms with Gasteiger partial charge in [-0.1, -0.05) is 287 Å². The largest absolute Gasteiger partial charge is 0.394 e. The monoisotopic (exact) mass is 1380 g/mol. The molecule has 0 bridgehead atoms. The maximum absolute atomic E-state index is 13.4. The molecule has 17 unspecified atom stereocenters. The number of carbonyl (C=O) groups is 1. The highest BCUT2D eigenvalue weighted by Crippen LogP contribution is 2.33. The molecule has 3 heterocycles. The first kappa shape index (κ1) is 89.0. The van der Waals surface area contributed by atoms with Gasteiger partial charge >= 0.3 is 0 Å². The van der Waals surface area contributed by atoms with Crippen LogP contribution in [0.5, 0.6) is 0 Å². The fourth-order valence-electron chi connectivity index (χ4n) is 13.2. The maximum Gasteiger partial charge on any atom is 0.220 e. The zero-order chi connectivity index (χ0) is 70.4. The van der Waals surface area contributed by atoms with Crippen LogP contribution in [-0.4, -0.2) is 193 Å². The first-order valence-corrected chi connectivity index (χ1v) is 39.4. The summed E-state index contributed by atoms with van der Waals surface area (Å²) in [7, 11) is 0. The zero-order valence-electron chi connectivity index (χ0n) is 60.6. The molecule has 1 amide bonds. The molecule has 3 aliphatic heterocycles. The van der Waals surface area contributed by atoms with E-state index in [1.54, 1.807) is 6.08 Å². The van der Waals surface area contributed by atoms with Crippen LogP contribution in [0.1, 0.15) is 309 Å². The molecule has 97 heavy (non-hydrogen) atoms. The van der Waals surface area contributed by atoms with Crippen molar-refractivity contribution < 1.29 is 89.4 Å². The Morgan fingerprint density at radius 3 is 1.07 bits per heavy atom. The Labute approximate surface area is 586 Å². The van der Waals surface area contributed by atoms with E-state index in [0.29, 0.717) is 12.8 Å². The third-order valence-corrected chi connectivity index (χ3v) is 19.6. The van der Waals surface area contributed by atoms with Crippen LogP contribution in [0.15, 0.2) is 48.6 Å². The van der Waals surface area contributed by atoms with Crippen molar-refractivity contribution in [3.05, 3.63) is 48.6 Å². The van der Waals surface area contributed by atoms with E-state index in [4.69, 9.17) is 28.4 Å². The molecule has 0 aliphatic carbocycles. The van der Waals surface area contributed by atoms with Crippen LogP contribution in [0.2, 0.25) is 0 Å². The molecule has 3 rings (SSSR count). The Morgan fingerprint density at radius 1 is 0.361 bits per heavy atom. The van der Waals surface area contributed by atoms with Crippen LogP contribution in [0.3, 0.4) is 0 Å². The summed E-state index contributed by atoms with van der Waals surface area (Å²) in [5, 5.41) is 120. The molecule has 17 atom stereocenters. The van der Waals surface area contributed by atoms with E-state index in [1.165, 1.54) is 225 Å². The molecule has 19 nitrogen and oxygen atoms in total. The van der Waals surface area contributed by atoms with Crippen LogP contribution in [-0.2, 0) is 33.2 Å². The van der Waals surface area contributed by atoms with E-state index < -0.39 is 124 Å². The van der Waals surface area contributed by atoms with Gasteiger partial charge in [0.1, 0.15) is 73.2 Å². The summed E-state index contributed by atoms with van der Waals surface area (Å²) in [6.45, 7) is 1.64. The standard InChI is InChI=1S/C78H143NO18/c1-3-5-7-9-11-13-15-16-17-18-19-20-21-22-23-24-25-26-27-28-29-30-31-32-33-34-35-36-37-38-39-40-41-42-43-44-46-48-50-52-54-56-66(84)79-61(62(83)55-53-51-49-47-45-14-12-10-8-6-4-2)60-92-76-72(90)69(87)74(64(58-81)94-76)97-78-73(91)70(88)75(65(59-82)95-78)96-77-71(89)68(86)67(85)63(57-80)93-77/h8,10,18-19,45,47,53,55,61-65,67-78,80-83,85-91H,3-7,9,11-17,20-44,46,48-52,54,56-60H2,1-2H3,(H,79,84)/b10-8+,19-18-,47-45+,55-53+. The third-order valence-electron chi connectivity index (χ3n) is 19.6. The van der Waals surface area contributed by atoms with E-state index in [2.05, 4.69) is 55.6 Å². The molecule has 0 aromatic rings. The Morgan fingerprint density at radius 2 is 0.680 bits per heavy atom. The summed E-state index contributed by atoms with van der Waals surface area (Å²) in [5.74, 6) is -0.287. The molecule has 19 heteroatoms. The van der Waals surface area contributed by atoms with Crippen molar-refractivity contribution in [1.29, 1.82) is 0 Å². The molecule has 0 aromatic carbocycles. The minimum Gasteiger partial charge on any atom is -0.394 e. The summed E-state index contributed by atoms with van der Waals surface area (Å²) in [4.78, 5) is 13.4. The number of nitrogens with one attached hydrogen (secondary N) is 1. The van der Waals surface area contributed by atoms with Crippen LogP contribution >= 0.6 is 0 Å². The summed E-state index contributed by atoms with van der Waals surface area (Å²) >= 11 is 0. The molecule has 0 aromatic heterocycles. The molecule has 3 saturated heterocycles. The number of hydrogen-bond donors (Lipinski definition) is 12. The van der Waals surface area contributed by atoms with Gasteiger partial charge in [-0.2, -0.15) is 0 Å². The average molecular weight is 1380 g/mol. The number of ether oxygens (including phenoxy) is 6. The molecule has 3 aliphatic rings. The Hall–Kier alpha value is -2.25. The molecule has 12 N–H and O–H groups in total. The SMILES string of the molecule is CCC/C=C/CC/C=C/CC/C=C/C(O)C(COC1OC(CO)C(OC2OC(CO)C(OC3OC(CO)C(O)C(O)C3O)C(O)C2O)C(O)C1O)NC(=O)CCCCCCCCCCCCCCCCCCCCCCCCCCCCCCC/C=C\CCCCCCCCCC. The normalized spacial score (nSPS) is 27.1. The van der Waals surface area contributed by atoms with Crippen molar-refractivity contribution in [3.63, 3.8) is 0 Å². The molecule has 0 saturated carbocycles. The quantitative estimate of drug-likeness (QED) is 0.0199. The lowest BCUT2D eigenvalue weighted by Gasteiger charge is -2.48. The first-order chi connectivity index (χ1) is 47.3. The van der Waals surface area contributed by atoms with Crippen molar-refractivity contribution in [1.82, 2.24) is 5.32 Å². The number of amides is 1. The van der Waals surface area contributed by atoms with Gasteiger partial charge in [0.05, 0.1) is 38.6 Å². The van der Waals surface area contributed by atoms with Crippen LogP contribution < -0.4 is 5.32 Å². The summed E-state index contributed by atoms with van der Waals surface area (Å²) < 4.78 is 34.3. The minimum absolute atomic E-state index is 0.235. The maximum atomic E-state index is 13.4. The number of aliphatic hydroxyl groups is 11. The van der Waals surface area contributed by atoms with Crippen molar-refractivity contribution in [2.75, 3.05) is 26.4 Å². The number of rotatable bonds is 62. The predicted octanol–water partition coefficient (Wildman–Crippen LogP) is 12.5. The average Bonchev–Trinajstić information content (AvgIpc) is 0.792. The second kappa shape index (κ2) is 59.2. The summed E-state index contributed by atoms with van der Waals surface area (Å²) in [6, 6.07) is -0.994. The van der Waals surface area contributed by atoms with Crippen LogP contribution in [0, 0.1) is 0 Å². The fourth-order valence-corrected chi connectivity index (χ4v) is 13.2. The van der Waals surface area contributed by atoms with Crippen LogP contribution in [0.25, 0.3) is 0 Å². The number of unbranched alkanes of at least 4 members (excludes halogenated alkanes) is 40. The summed E-state index contributed by atoms with van der Waals surface area (Å²) in [5.41, 5.74) is 0. The number of allylic oxidation sites excluding steroid dienone is 7. The van der Waals surface area contributed by atoms with Crippen molar-refractivity contribution >= 4 is 5.91 Å². The van der Waals surface area contributed by atoms with Gasteiger partial charge in [-0.3, -0.25) is 4.79 Å². The molecule has 0 radical (unpaired) electrons. The van der Waals surface area contributed by atoms with Gasteiger partial charge in [0.15, 0.2) is 18.9 Å². The minimum atomic E-state index is -1.98. The van der Waals surface area contributed by atoms with Gasteiger partial charge in [-0.05, 0) is 64.2 Å². The second-order valence-corrected chi connectivity index (χ2v) is 28.2. The molecular formula is C78H143NO18. The number of carbonyl (C=O) groups excluding carboxylic acids is 1. The van der Waals surface area contributed by atoms with Gasteiger partial charge in [0, 0.05) is 6.42 Å². The lowest BCUT2D eigenvalue weighted by atomic mass is 9.96. The number of hydrogen-bond acceptors (Lipinski definition) is 18. The highest BCUT2D eigenvalue weighted by Gasteiger charge is 2.53. The highest BCUT2D eigenvalue weighted by atomic mass is 16.8. The lowest BCUT2D eigenvalue weighted by molar-refractivity contribution is -0.379. The van der Waals surface area contributed by atoms with Gasteiger partial charge < -0.3 is 89.9 Å². The second-order valence-electron chi connectivity index (χ2n) is 28.2. The zero-order valence-corrected chi connectivity index (χ0v) is 60.6. The molecule has 3 fully saturated rings. The van der Waals surface area contributed by atoms with E-state index >= 15 is 0 Å². The Bertz CT molecular complexity index is 1940. The highest BCUT2D eigenvalue weighted by molar-refractivity contribution is 5.76. The van der Waals surface area contributed by atoms with Gasteiger partial charge in [0.2, 0.25) is 5.91 Å². The lowest BCUT2D eigenvalue weighted by Crippen LogP contribution is -2.66. The Balaban J connectivity index is 1.25. The third kappa shape index (κ3) is 39.8. The smallest absolute Gasteiger partial charge is 0.220 e. The molecule has 568 valence electrons. The molecular weight excluding hydrogens is 1240 g/mol. The number of aliphatic hydroxyl groups excluding tert-OH is 11. The fraction of sp³-hybridized carbons (Fsp3) is 0.885.